The van der Waals surface area contributed by atoms with Crippen LogP contribution < -0.4 is 5.32 Å². The van der Waals surface area contributed by atoms with Gasteiger partial charge in [0.25, 0.3) is 0 Å². The minimum Gasteiger partial charge on any atom is -0.313 e. The molecule has 1 heterocycles. The second kappa shape index (κ2) is 6.86. The summed E-state index contributed by atoms with van der Waals surface area (Å²) in [6.07, 6.45) is 8.50. The van der Waals surface area contributed by atoms with Crippen LogP contribution in [0, 0.1) is 5.92 Å². The maximum Gasteiger partial charge on any atom is 0.0270 e. The Morgan fingerprint density at radius 1 is 1.10 bits per heavy atom. The third-order valence-electron chi connectivity index (χ3n) is 4.51. The Morgan fingerprint density at radius 3 is 2.38 bits per heavy atom. The summed E-state index contributed by atoms with van der Waals surface area (Å²) in [5.74, 6) is 0.710. The number of fused-ring (bicyclic) bond motifs is 1. The minimum absolute atomic E-state index is 0.555. The number of nitrogens with zero attached hydrogens (tertiary/aromatic N) is 1. The molecule has 110 valence electrons. The lowest BCUT2D eigenvalue weighted by Gasteiger charge is -2.25. The van der Waals surface area contributed by atoms with Crippen LogP contribution in [0.25, 0.3) is 0 Å². The van der Waals surface area contributed by atoms with E-state index >= 15 is 0 Å². The molecule has 3 rings (SSSR count). The highest BCUT2D eigenvalue weighted by molar-refractivity contribution is 5.33. The van der Waals surface area contributed by atoms with Gasteiger partial charge in [-0.3, -0.25) is 4.98 Å². The Balaban J connectivity index is 1.71. The third-order valence-corrected chi connectivity index (χ3v) is 4.51. The van der Waals surface area contributed by atoms with Gasteiger partial charge in [0.15, 0.2) is 0 Å². The first-order valence-electron chi connectivity index (χ1n) is 8.06. The molecule has 21 heavy (non-hydrogen) atoms. The van der Waals surface area contributed by atoms with Gasteiger partial charge in [-0.2, -0.15) is 0 Å². The van der Waals surface area contributed by atoms with Crippen LogP contribution in [0.2, 0.25) is 0 Å². The Hall–Kier alpha value is -1.67. The SMILES string of the molecule is CCCNC(Cc1ccncc1)C1Cc2ccccc2C1. The average Bonchev–Trinajstić information content (AvgIpc) is 2.96. The molecule has 2 heteroatoms. The van der Waals surface area contributed by atoms with Gasteiger partial charge >= 0.3 is 0 Å². The van der Waals surface area contributed by atoms with Crippen LogP contribution in [-0.2, 0) is 19.3 Å². The number of hydrogen-bond donors (Lipinski definition) is 1. The quantitative estimate of drug-likeness (QED) is 0.877. The predicted octanol–water partition coefficient (Wildman–Crippen LogP) is 3.41. The molecule has 0 saturated carbocycles. The van der Waals surface area contributed by atoms with Gasteiger partial charge in [0.2, 0.25) is 0 Å². The van der Waals surface area contributed by atoms with Crippen LogP contribution in [0.1, 0.15) is 30.0 Å². The highest BCUT2D eigenvalue weighted by atomic mass is 14.9. The van der Waals surface area contributed by atoms with Crippen LogP contribution in [-0.4, -0.2) is 17.6 Å². The molecule has 1 aliphatic rings. The van der Waals surface area contributed by atoms with E-state index < -0.39 is 0 Å². The van der Waals surface area contributed by atoms with E-state index in [-0.39, 0.29) is 0 Å². The Kier molecular flexibility index (Phi) is 4.66. The summed E-state index contributed by atoms with van der Waals surface area (Å²) >= 11 is 0. The van der Waals surface area contributed by atoms with Crippen molar-refractivity contribution in [2.24, 2.45) is 5.92 Å². The molecule has 0 saturated heterocycles. The van der Waals surface area contributed by atoms with Crippen molar-refractivity contribution in [3.63, 3.8) is 0 Å². The Labute approximate surface area is 127 Å². The molecule has 0 amide bonds. The Morgan fingerprint density at radius 2 is 1.76 bits per heavy atom. The van der Waals surface area contributed by atoms with Crippen molar-refractivity contribution in [3.8, 4) is 0 Å². The number of nitrogens with one attached hydrogen (secondary N) is 1. The monoisotopic (exact) mass is 280 g/mol. The standard InChI is InChI=1S/C19H24N2/c1-2-9-21-19(12-15-7-10-20-11-8-15)18-13-16-5-3-4-6-17(16)14-18/h3-8,10-11,18-19,21H,2,9,12-14H2,1H3. The summed E-state index contributed by atoms with van der Waals surface area (Å²) in [5, 5.41) is 3.77. The van der Waals surface area contributed by atoms with E-state index in [2.05, 4.69) is 53.6 Å². The first kappa shape index (κ1) is 14.3. The van der Waals surface area contributed by atoms with E-state index in [9.17, 15) is 0 Å². The number of hydrogen-bond acceptors (Lipinski definition) is 2. The van der Waals surface area contributed by atoms with Crippen LogP contribution in [0.5, 0.6) is 0 Å². The minimum atomic E-state index is 0.555. The zero-order chi connectivity index (χ0) is 14.5. The fourth-order valence-electron chi connectivity index (χ4n) is 3.39. The summed E-state index contributed by atoms with van der Waals surface area (Å²) in [6.45, 7) is 3.34. The van der Waals surface area contributed by atoms with E-state index in [1.54, 1.807) is 11.1 Å². The van der Waals surface area contributed by atoms with Gasteiger partial charge in [-0.15, -0.1) is 0 Å². The molecule has 1 atom stereocenters. The largest absolute Gasteiger partial charge is 0.313 e. The van der Waals surface area contributed by atoms with E-state index in [1.165, 1.54) is 24.8 Å². The smallest absolute Gasteiger partial charge is 0.0270 e. The van der Waals surface area contributed by atoms with Crippen LogP contribution >= 0.6 is 0 Å². The first-order chi connectivity index (χ1) is 10.4. The highest BCUT2D eigenvalue weighted by Gasteiger charge is 2.28. The zero-order valence-corrected chi connectivity index (χ0v) is 12.8. The van der Waals surface area contributed by atoms with Gasteiger partial charge in [0.05, 0.1) is 0 Å². The Bertz CT molecular complexity index is 540. The normalized spacial score (nSPS) is 15.9. The molecule has 1 aromatic carbocycles. The molecule has 1 N–H and O–H groups in total. The second-order valence-corrected chi connectivity index (χ2v) is 6.06. The zero-order valence-electron chi connectivity index (χ0n) is 12.8. The summed E-state index contributed by atoms with van der Waals surface area (Å²) < 4.78 is 0. The van der Waals surface area contributed by atoms with E-state index in [4.69, 9.17) is 0 Å². The predicted molar refractivity (Wildman–Crippen MR) is 87.4 cm³/mol. The number of aromatic nitrogens is 1. The summed E-state index contributed by atoms with van der Waals surface area (Å²) in [5.41, 5.74) is 4.47. The number of rotatable bonds is 6. The molecule has 0 fully saturated rings. The number of benzene rings is 1. The van der Waals surface area contributed by atoms with Crippen LogP contribution in [0.3, 0.4) is 0 Å². The van der Waals surface area contributed by atoms with Crippen molar-refractivity contribution in [2.45, 2.75) is 38.6 Å². The van der Waals surface area contributed by atoms with Gasteiger partial charge < -0.3 is 5.32 Å². The van der Waals surface area contributed by atoms with Gasteiger partial charge in [-0.1, -0.05) is 31.2 Å². The van der Waals surface area contributed by atoms with E-state index in [0.29, 0.717) is 12.0 Å². The average molecular weight is 280 g/mol. The highest BCUT2D eigenvalue weighted by Crippen LogP contribution is 2.29. The van der Waals surface area contributed by atoms with Crippen LogP contribution in [0.15, 0.2) is 48.8 Å². The molecular formula is C19H24N2. The molecule has 1 aromatic heterocycles. The van der Waals surface area contributed by atoms with Gasteiger partial charge in [0.1, 0.15) is 0 Å². The van der Waals surface area contributed by atoms with Gasteiger partial charge in [-0.25, -0.2) is 0 Å². The molecule has 0 radical (unpaired) electrons. The molecular weight excluding hydrogens is 256 g/mol. The fourth-order valence-corrected chi connectivity index (χ4v) is 3.39. The topological polar surface area (TPSA) is 24.9 Å². The molecule has 0 bridgehead atoms. The lowest BCUT2D eigenvalue weighted by molar-refractivity contribution is 0.362. The second-order valence-electron chi connectivity index (χ2n) is 6.06. The lowest BCUT2D eigenvalue weighted by Crippen LogP contribution is -2.39. The molecule has 0 spiro atoms. The van der Waals surface area contributed by atoms with E-state index in [0.717, 1.165) is 13.0 Å². The third kappa shape index (κ3) is 3.51. The molecule has 0 aliphatic heterocycles. The van der Waals surface area contributed by atoms with Gasteiger partial charge in [0, 0.05) is 18.4 Å². The summed E-state index contributed by atoms with van der Waals surface area (Å²) in [4.78, 5) is 4.12. The number of pyridine rings is 1. The van der Waals surface area contributed by atoms with Crippen molar-refractivity contribution in [2.75, 3.05) is 6.54 Å². The van der Waals surface area contributed by atoms with Crippen molar-refractivity contribution in [3.05, 3.63) is 65.5 Å². The van der Waals surface area contributed by atoms with Crippen molar-refractivity contribution < 1.29 is 0 Å². The molecule has 2 aromatic rings. The maximum atomic E-state index is 4.12. The molecule has 1 unspecified atom stereocenters. The summed E-state index contributed by atoms with van der Waals surface area (Å²) in [6, 6.07) is 13.7. The molecule has 1 aliphatic carbocycles. The lowest BCUT2D eigenvalue weighted by atomic mass is 9.91. The van der Waals surface area contributed by atoms with Gasteiger partial charge in [-0.05, 0) is 67.0 Å². The fraction of sp³-hybridized carbons (Fsp3) is 0.421. The first-order valence-corrected chi connectivity index (χ1v) is 8.06. The van der Waals surface area contributed by atoms with Crippen molar-refractivity contribution >= 4 is 0 Å². The van der Waals surface area contributed by atoms with Crippen LogP contribution in [0.4, 0.5) is 0 Å². The van der Waals surface area contributed by atoms with Crippen molar-refractivity contribution in [1.82, 2.24) is 10.3 Å². The summed E-state index contributed by atoms with van der Waals surface area (Å²) in [7, 11) is 0. The van der Waals surface area contributed by atoms with E-state index in [1.807, 2.05) is 12.4 Å². The van der Waals surface area contributed by atoms with Crippen molar-refractivity contribution in [1.29, 1.82) is 0 Å². The maximum absolute atomic E-state index is 4.12. The molecule has 2 nitrogen and oxygen atoms in total.